The number of non-ortho nitro benzene ring substituents is 1. The van der Waals surface area contributed by atoms with Gasteiger partial charge in [-0.3, -0.25) is 14.9 Å². The predicted molar refractivity (Wildman–Crippen MR) is 152 cm³/mol. The molecular formula is C24H19N5O4S4. The first-order chi connectivity index (χ1) is 17.9. The van der Waals surface area contributed by atoms with E-state index in [2.05, 4.69) is 15.3 Å². The fraction of sp³-hybridized carbons (Fsp3) is 0.125. The number of benzene rings is 3. The Morgan fingerprint density at radius 3 is 2.46 bits per heavy atom. The SMILES string of the molecule is COc1ccc([N+](=O)[O-])cc1CSc1nc2ccc(NC(=O)CSc3nc4ccc(N)cc4s3)cc2s1. The van der Waals surface area contributed by atoms with Gasteiger partial charge in [0, 0.05) is 34.8 Å². The Morgan fingerprint density at radius 2 is 1.73 bits per heavy atom. The number of carbonyl (C=O) groups excluding carboxylic acids is 1. The largest absolute Gasteiger partial charge is 0.496 e. The molecule has 0 spiro atoms. The van der Waals surface area contributed by atoms with Crippen molar-refractivity contribution in [3.05, 3.63) is 70.3 Å². The summed E-state index contributed by atoms with van der Waals surface area (Å²) in [5.41, 5.74) is 9.64. The van der Waals surface area contributed by atoms with Crippen LogP contribution in [0.2, 0.25) is 0 Å². The van der Waals surface area contributed by atoms with Crippen molar-refractivity contribution in [1.29, 1.82) is 0 Å². The number of nitrogen functional groups attached to an aromatic ring is 1. The number of thiazole rings is 2. The molecule has 0 saturated carbocycles. The molecule has 1 amide bonds. The number of ether oxygens (including phenoxy) is 1. The molecule has 5 rings (SSSR count). The molecule has 0 unspecified atom stereocenters. The number of nitro groups is 1. The fourth-order valence-electron chi connectivity index (χ4n) is 3.48. The third kappa shape index (κ3) is 5.96. The zero-order valence-corrected chi connectivity index (χ0v) is 22.6. The molecule has 0 aliphatic heterocycles. The average Bonchev–Trinajstić information content (AvgIpc) is 3.48. The molecule has 13 heteroatoms. The smallest absolute Gasteiger partial charge is 0.270 e. The maximum absolute atomic E-state index is 12.5. The van der Waals surface area contributed by atoms with E-state index in [1.165, 1.54) is 65.4 Å². The number of aromatic nitrogens is 2. The maximum Gasteiger partial charge on any atom is 0.270 e. The molecule has 0 bridgehead atoms. The number of rotatable bonds is 9. The lowest BCUT2D eigenvalue weighted by Gasteiger charge is -2.06. The number of carbonyl (C=O) groups is 1. The third-order valence-corrected chi connectivity index (χ3v) is 9.57. The summed E-state index contributed by atoms with van der Waals surface area (Å²) >= 11 is 5.88. The van der Waals surface area contributed by atoms with E-state index in [-0.39, 0.29) is 17.3 Å². The van der Waals surface area contributed by atoms with Gasteiger partial charge in [0.25, 0.3) is 5.69 Å². The minimum atomic E-state index is -0.422. The van der Waals surface area contributed by atoms with Gasteiger partial charge in [-0.25, -0.2) is 9.97 Å². The second-order valence-corrected chi connectivity index (χ2v) is 12.3. The summed E-state index contributed by atoms with van der Waals surface area (Å²) in [7, 11) is 1.54. The van der Waals surface area contributed by atoms with E-state index in [1.54, 1.807) is 6.07 Å². The molecular weight excluding hydrogens is 551 g/mol. The summed E-state index contributed by atoms with van der Waals surface area (Å²) < 4.78 is 8.91. The van der Waals surface area contributed by atoms with Crippen LogP contribution in [-0.2, 0) is 10.5 Å². The standard InChI is InChI=1S/C24H19N5O4S4/c1-33-19-7-4-16(29(31)32)8-13(19)11-34-23-28-18-6-3-15(10-21(18)37-23)26-22(30)12-35-24-27-17-5-2-14(25)9-20(17)36-24/h2-10H,11-12,25H2,1H3,(H,26,30). The van der Waals surface area contributed by atoms with Crippen molar-refractivity contribution in [2.75, 3.05) is 23.9 Å². The molecule has 0 fully saturated rings. The topological polar surface area (TPSA) is 133 Å². The van der Waals surface area contributed by atoms with Crippen molar-refractivity contribution in [3.63, 3.8) is 0 Å². The van der Waals surface area contributed by atoms with Crippen molar-refractivity contribution in [2.24, 2.45) is 0 Å². The molecule has 188 valence electrons. The first kappa shape index (κ1) is 25.3. The molecule has 3 N–H and O–H groups in total. The zero-order valence-electron chi connectivity index (χ0n) is 19.3. The summed E-state index contributed by atoms with van der Waals surface area (Å²) in [6.45, 7) is 0. The highest BCUT2D eigenvalue weighted by Gasteiger charge is 2.14. The van der Waals surface area contributed by atoms with Crippen molar-refractivity contribution >= 4 is 89.6 Å². The quantitative estimate of drug-likeness (QED) is 0.0891. The van der Waals surface area contributed by atoms with E-state index in [0.29, 0.717) is 22.9 Å². The highest BCUT2D eigenvalue weighted by molar-refractivity contribution is 8.01. The second-order valence-electron chi connectivity index (χ2n) is 7.75. The Kier molecular flexibility index (Phi) is 7.46. The van der Waals surface area contributed by atoms with Crippen LogP contribution in [0.5, 0.6) is 5.75 Å². The van der Waals surface area contributed by atoms with Gasteiger partial charge in [0.05, 0.1) is 38.2 Å². The van der Waals surface area contributed by atoms with Crippen LogP contribution in [-0.4, -0.2) is 33.7 Å². The van der Waals surface area contributed by atoms with Gasteiger partial charge in [0.15, 0.2) is 8.68 Å². The number of nitrogens with two attached hydrogens (primary N) is 1. The first-order valence-electron chi connectivity index (χ1n) is 10.8. The van der Waals surface area contributed by atoms with Crippen LogP contribution < -0.4 is 15.8 Å². The van der Waals surface area contributed by atoms with Crippen LogP contribution in [0.3, 0.4) is 0 Å². The number of fused-ring (bicyclic) bond motifs is 2. The molecule has 5 aromatic rings. The van der Waals surface area contributed by atoms with E-state index >= 15 is 0 Å². The summed E-state index contributed by atoms with van der Waals surface area (Å²) in [6, 6.07) is 15.7. The van der Waals surface area contributed by atoms with Gasteiger partial charge >= 0.3 is 0 Å². The normalized spacial score (nSPS) is 11.2. The Morgan fingerprint density at radius 1 is 1.03 bits per heavy atom. The van der Waals surface area contributed by atoms with E-state index in [1.807, 2.05) is 36.4 Å². The van der Waals surface area contributed by atoms with Crippen LogP contribution >= 0.6 is 46.2 Å². The van der Waals surface area contributed by atoms with Crippen molar-refractivity contribution < 1.29 is 14.5 Å². The van der Waals surface area contributed by atoms with Crippen molar-refractivity contribution in [2.45, 2.75) is 14.4 Å². The Bertz CT molecular complexity index is 1630. The number of methoxy groups -OCH3 is 1. The molecule has 0 atom stereocenters. The minimum absolute atomic E-state index is 0.0204. The third-order valence-electron chi connectivity index (χ3n) is 5.20. The number of nitro benzene ring substituents is 1. The van der Waals surface area contributed by atoms with Gasteiger partial charge in [-0.1, -0.05) is 23.5 Å². The van der Waals surface area contributed by atoms with Gasteiger partial charge < -0.3 is 15.8 Å². The maximum atomic E-state index is 12.5. The number of hydrogen-bond donors (Lipinski definition) is 2. The second kappa shape index (κ2) is 10.9. The van der Waals surface area contributed by atoms with E-state index in [4.69, 9.17) is 10.5 Å². The number of nitrogens with zero attached hydrogens (tertiary/aromatic N) is 3. The molecule has 2 heterocycles. The van der Waals surface area contributed by atoms with Gasteiger partial charge in [-0.2, -0.15) is 0 Å². The van der Waals surface area contributed by atoms with Crippen molar-refractivity contribution in [3.8, 4) is 5.75 Å². The van der Waals surface area contributed by atoms with E-state index in [0.717, 1.165) is 34.7 Å². The van der Waals surface area contributed by atoms with E-state index < -0.39 is 4.92 Å². The van der Waals surface area contributed by atoms with Crippen LogP contribution in [0.25, 0.3) is 20.4 Å². The summed E-state index contributed by atoms with van der Waals surface area (Å²) in [5, 5.41) is 14.1. The molecule has 0 aliphatic rings. The van der Waals surface area contributed by atoms with Crippen molar-refractivity contribution in [1.82, 2.24) is 9.97 Å². The Hall–Kier alpha value is -3.39. The fourth-order valence-corrected chi connectivity index (χ4v) is 7.48. The lowest BCUT2D eigenvalue weighted by Crippen LogP contribution is -2.13. The van der Waals surface area contributed by atoms with E-state index in [9.17, 15) is 14.9 Å². The lowest BCUT2D eigenvalue weighted by molar-refractivity contribution is -0.384. The van der Waals surface area contributed by atoms with Crippen LogP contribution in [0.4, 0.5) is 17.1 Å². The van der Waals surface area contributed by atoms with Gasteiger partial charge in [0.1, 0.15) is 5.75 Å². The predicted octanol–water partition coefficient (Wildman–Crippen LogP) is 6.43. The highest BCUT2D eigenvalue weighted by Crippen LogP contribution is 2.36. The monoisotopic (exact) mass is 569 g/mol. The van der Waals surface area contributed by atoms with Gasteiger partial charge in [-0.15, -0.1) is 22.7 Å². The van der Waals surface area contributed by atoms with Gasteiger partial charge in [0.2, 0.25) is 5.91 Å². The molecule has 3 aromatic carbocycles. The molecule has 2 aromatic heterocycles. The van der Waals surface area contributed by atoms with Crippen LogP contribution in [0.1, 0.15) is 5.56 Å². The zero-order chi connectivity index (χ0) is 25.9. The number of hydrogen-bond acceptors (Lipinski definition) is 11. The molecule has 0 aliphatic carbocycles. The number of thioether (sulfide) groups is 2. The summed E-state index contributed by atoms with van der Waals surface area (Å²) in [4.78, 5) is 32.4. The molecule has 0 saturated heterocycles. The number of nitrogens with one attached hydrogen (secondary N) is 1. The molecule has 37 heavy (non-hydrogen) atoms. The van der Waals surface area contributed by atoms with Crippen LogP contribution in [0, 0.1) is 10.1 Å². The minimum Gasteiger partial charge on any atom is -0.496 e. The first-order valence-corrected chi connectivity index (χ1v) is 14.4. The number of amides is 1. The summed E-state index contributed by atoms with van der Waals surface area (Å²) in [5.74, 6) is 1.18. The molecule has 0 radical (unpaired) electrons. The van der Waals surface area contributed by atoms with Crippen LogP contribution in [0.15, 0.2) is 63.3 Å². The van der Waals surface area contributed by atoms with Gasteiger partial charge in [-0.05, 0) is 42.5 Å². The summed E-state index contributed by atoms with van der Waals surface area (Å²) in [6.07, 6.45) is 0. The Labute approximate surface area is 227 Å². The average molecular weight is 570 g/mol. The Balaban J connectivity index is 1.21. The lowest BCUT2D eigenvalue weighted by atomic mass is 10.2. The highest BCUT2D eigenvalue weighted by atomic mass is 32.2. The number of anilines is 2. The molecule has 9 nitrogen and oxygen atoms in total.